The lowest BCUT2D eigenvalue weighted by molar-refractivity contribution is 0.547. The van der Waals surface area contributed by atoms with Crippen molar-refractivity contribution in [2.75, 3.05) is 5.32 Å². The van der Waals surface area contributed by atoms with Crippen molar-refractivity contribution in [2.24, 2.45) is 0 Å². The van der Waals surface area contributed by atoms with Crippen LogP contribution >= 0.6 is 0 Å². The summed E-state index contributed by atoms with van der Waals surface area (Å²) in [6, 6.07) is 15.7. The molecular formula is C19H24N2O2S. The number of sulfonamides is 1. The number of rotatable bonds is 6. The molecule has 0 aliphatic carbocycles. The number of anilines is 1. The minimum Gasteiger partial charge on any atom is -0.382 e. The van der Waals surface area contributed by atoms with E-state index in [1.165, 1.54) is 5.56 Å². The van der Waals surface area contributed by atoms with E-state index in [-0.39, 0.29) is 6.04 Å². The van der Waals surface area contributed by atoms with Crippen molar-refractivity contribution >= 4 is 15.7 Å². The molecule has 0 amide bonds. The third-order valence-electron chi connectivity index (χ3n) is 4.38. The highest BCUT2D eigenvalue weighted by Gasteiger charge is 2.22. The van der Waals surface area contributed by atoms with Gasteiger partial charge in [0.2, 0.25) is 10.0 Å². The third-order valence-corrected chi connectivity index (χ3v) is 5.97. The molecule has 0 bridgehead atoms. The van der Waals surface area contributed by atoms with Gasteiger partial charge in [0.05, 0.1) is 4.90 Å². The monoisotopic (exact) mass is 344 g/mol. The predicted octanol–water partition coefficient (Wildman–Crippen LogP) is 3.34. The van der Waals surface area contributed by atoms with Gasteiger partial charge in [0.15, 0.2) is 0 Å². The van der Waals surface area contributed by atoms with Gasteiger partial charge in [-0.25, -0.2) is 13.1 Å². The summed E-state index contributed by atoms with van der Waals surface area (Å²) in [4.78, 5) is 0.351. The summed E-state index contributed by atoms with van der Waals surface area (Å²) < 4.78 is 28.0. The lowest BCUT2D eigenvalue weighted by atomic mass is 10.1. The Labute approximate surface area is 144 Å². The molecule has 2 aromatic carbocycles. The van der Waals surface area contributed by atoms with Crippen LogP contribution in [0.4, 0.5) is 5.69 Å². The Kier molecular flexibility index (Phi) is 4.92. The maximum absolute atomic E-state index is 12.6. The molecule has 2 aromatic rings. The standard InChI is InChI=1S/C19H24N2O2S/c1-14(8-9-16-6-4-3-5-7-16)21-24(22,23)18-10-11-19-17(13-18)12-15(2)20-19/h3-7,10-11,13-15,20-21H,8-9,12H2,1-2H3/t14-,15+/m0/s1. The maximum Gasteiger partial charge on any atom is 0.240 e. The highest BCUT2D eigenvalue weighted by atomic mass is 32.2. The van der Waals surface area contributed by atoms with E-state index in [0.29, 0.717) is 10.9 Å². The van der Waals surface area contributed by atoms with Crippen LogP contribution in [0.5, 0.6) is 0 Å². The highest BCUT2D eigenvalue weighted by molar-refractivity contribution is 7.89. The van der Waals surface area contributed by atoms with Crippen molar-refractivity contribution in [2.45, 2.75) is 50.1 Å². The molecule has 0 saturated heterocycles. The first kappa shape index (κ1) is 17.0. The Morgan fingerprint density at radius 2 is 1.96 bits per heavy atom. The molecule has 0 saturated carbocycles. The Morgan fingerprint density at radius 3 is 2.71 bits per heavy atom. The molecule has 0 fully saturated rings. The van der Waals surface area contributed by atoms with Gasteiger partial charge in [0.25, 0.3) is 0 Å². The summed E-state index contributed by atoms with van der Waals surface area (Å²) in [6.07, 6.45) is 2.49. The first-order valence-corrected chi connectivity index (χ1v) is 9.88. The average Bonchev–Trinajstić information content (AvgIpc) is 2.92. The van der Waals surface area contributed by atoms with E-state index < -0.39 is 10.0 Å². The molecule has 1 heterocycles. The molecule has 1 aliphatic rings. The van der Waals surface area contributed by atoms with Crippen LogP contribution in [0.25, 0.3) is 0 Å². The molecule has 0 radical (unpaired) electrons. The fourth-order valence-electron chi connectivity index (χ4n) is 3.11. The lowest BCUT2D eigenvalue weighted by Gasteiger charge is -2.15. The molecule has 24 heavy (non-hydrogen) atoms. The molecule has 5 heteroatoms. The van der Waals surface area contributed by atoms with Crippen molar-refractivity contribution in [1.29, 1.82) is 0 Å². The number of benzene rings is 2. The first-order valence-electron chi connectivity index (χ1n) is 8.40. The second kappa shape index (κ2) is 6.95. The fraction of sp³-hybridized carbons (Fsp3) is 0.368. The van der Waals surface area contributed by atoms with Gasteiger partial charge in [-0.05, 0) is 62.4 Å². The Morgan fingerprint density at radius 1 is 1.21 bits per heavy atom. The maximum atomic E-state index is 12.6. The molecular weight excluding hydrogens is 320 g/mol. The summed E-state index contributed by atoms with van der Waals surface area (Å²) in [5.41, 5.74) is 3.34. The summed E-state index contributed by atoms with van der Waals surface area (Å²) in [7, 11) is -3.48. The zero-order valence-electron chi connectivity index (χ0n) is 14.1. The van der Waals surface area contributed by atoms with Crippen LogP contribution in [0.3, 0.4) is 0 Å². The van der Waals surface area contributed by atoms with Crippen molar-refractivity contribution in [3.05, 3.63) is 59.7 Å². The average molecular weight is 344 g/mol. The van der Waals surface area contributed by atoms with Gasteiger partial charge < -0.3 is 5.32 Å². The van der Waals surface area contributed by atoms with E-state index >= 15 is 0 Å². The quantitative estimate of drug-likeness (QED) is 0.845. The van der Waals surface area contributed by atoms with Crippen LogP contribution in [0, 0.1) is 0 Å². The van der Waals surface area contributed by atoms with E-state index in [1.54, 1.807) is 12.1 Å². The SMILES string of the molecule is C[C@@H]1Cc2cc(S(=O)(=O)N[C@@H](C)CCc3ccccc3)ccc2N1. The molecule has 2 atom stereocenters. The van der Waals surface area contributed by atoms with Gasteiger partial charge in [0.1, 0.15) is 0 Å². The van der Waals surface area contributed by atoms with Crippen molar-refractivity contribution in [3.63, 3.8) is 0 Å². The second-order valence-electron chi connectivity index (χ2n) is 6.62. The van der Waals surface area contributed by atoms with Gasteiger partial charge in [0, 0.05) is 17.8 Å². The van der Waals surface area contributed by atoms with Crippen LogP contribution < -0.4 is 10.0 Å². The topological polar surface area (TPSA) is 58.2 Å². The van der Waals surface area contributed by atoms with E-state index in [4.69, 9.17) is 0 Å². The van der Waals surface area contributed by atoms with E-state index in [1.807, 2.05) is 31.2 Å². The summed E-state index contributed by atoms with van der Waals surface area (Å²) in [5.74, 6) is 0. The minimum absolute atomic E-state index is 0.111. The van der Waals surface area contributed by atoms with Crippen LogP contribution in [0.15, 0.2) is 53.4 Å². The van der Waals surface area contributed by atoms with Crippen LogP contribution in [0.2, 0.25) is 0 Å². The molecule has 0 spiro atoms. The minimum atomic E-state index is -3.48. The Bertz CT molecular complexity index is 803. The molecule has 3 rings (SSSR count). The van der Waals surface area contributed by atoms with E-state index in [2.05, 4.69) is 29.1 Å². The largest absolute Gasteiger partial charge is 0.382 e. The summed E-state index contributed by atoms with van der Waals surface area (Å²) >= 11 is 0. The number of nitrogens with one attached hydrogen (secondary N) is 2. The molecule has 2 N–H and O–H groups in total. The smallest absolute Gasteiger partial charge is 0.240 e. The molecule has 1 aliphatic heterocycles. The van der Waals surface area contributed by atoms with Gasteiger partial charge >= 0.3 is 0 Å². The van der Waals surface area contributed by atoms with Crippen LogP contribution in [-0.2, 0) is 22.9 Å². The van der Waals surface area contributed by atoms with Crippen LogP contribution in [0.1, 0.15) is 31.4 Å². The zero-order valence-corrected chi connectivity index (χ0v) is 14.9. The third kappa shape index (κ3) is 3.97. The van der Waals surface area contributed by atoms with E-state index in [0.717, 1.165) is 30.5 Å². The fourth-order valence-corrected chi connectivity index (χ4v) is 4.44. The molecule has 0 unspecified atom stereocenters. The summed E-state index contributed by atoms with van der Waals surface area (Å²) in [5, 5.41) is 3.34. The van der Waals surface area contributed by atoms with Gasteiger partial charge in [-0.1, -0.05) is 30.3 Å². The van der Waals surface area contributed by atoms with Gasteiger partial charge in [-0.3, -0.25) is 0 Å². The number of hydrogen-bond donors (Lipinski definition) is 2. The number of hydrogen-bond acceptors (Lipinski definition) is 3. The Balaban J connectivity index is 1.64. The van der Waals surface area contributed by atoms with Crippen molar-refractivity contribution in [3.8, 4) is 0 Å². The second-order valence-corrected chi connectivity index (χ2v) is 8.33. The molecule has 4 nitrogen and oxygen atoms in total. The first-order chi connectivity index (χ1) is 11.4. The van der Waals surface area contributed by atoms with Crippen molar-refractivity contribution < 1.29 is 8.42 Å². The van der Waals surface area contributed by atoms with Gasteiger partial charge in [-0.2, -0.15) is 0 Å². The number of fused-ring (bicyclic) bond motifs is 1. The lowest BCUT2D eigenvalue weighted by Crippen LogP contribution is -2.33. The highest BCUT2D eigenvalue weighted by Crippen LogP contribution is 2.28. The van der Waals surface area contributed by atoms with Gasteiger partial charge in [-0.15, -0.1) is 0 Å². The van der Waals surface area contributed by atoms with Crippen molar-refractivity contribution in [1.82, 2.24) is 4.72 Å². The zero-order chi connectivity index (χ0) is 17.2. The van der Waals surface area contributed by atoms with E-state index in [9.17, 15) is 8.42 Å². The normalized spacial score (nSPS) is 18.0. The predicted molar refractivity (Wildman–Crippen MR) is 97.8 cm³/mol. The molecule has 0 aromatic heterocycles. The summed E-state index contributed by atoms with van der Waals surface area (Å²) in [6.45, 7) is 4.01. The number of aryl methyl sites for hydroxylation is 1. The van der Waals surface area contributed by atoms with Crippen LogP contribution in [-0.4, -0.2) is 20.5 Å². The Hall–Kier alpha value is -1.85. The molecule has 128 valence electrons.